The van der Waals surface area contributed by atoms with E-state index in [9.17, 15) is 18.0 Å². The molecule has 1 aromatic carbocycles. The number of nitriles is 1. The van der Waals surface area contributed by atoms with Crippen molar-refractivity contribution >= 4 is 11.7 Å². The number of nitrogens with one attached hydrogen (secondary N) is 1. The first kappa shape index (κ1) is 21.2. The van der Waals surface area contributed by atoms with Crippen molar-refractivity contribution < 1.29 is 18.0 Å². The predicted molar refractivity (Wildman–Crippen MR) is 96.8 cm³/mol. The molecule has 1 N–H and O–H groups in total. The molecule has 1 aromatic heterocycles. The van der Waals surface area contributed by atoms with E-state index in [0.717, 1.165) is 11.6 Å². The molecule has 28 heavy (non-hydrogen) atoms. The molecule has 0 saturated heterocycles. The van der Waals surface area contributed by atoms with Crippen molar-refractivity contribution in [2.45, 2.75) is 33.4 Å². The lowest BCUT2D eigenvalue weighted by Gasteiger charge is -2.31. The molecule has 0 fully saturated rings. The molecule has 0 aliphatic heterocycles. The number of hydrogen-bond donors (Lipinski definition) is 1. The van der Waals surface area contributed by atoms with E-state index in [4.69, 9.17) is 5.26 Å². The second-order valence-electron chi connectivity index (χ2n) is 7.39. The van der Waals surface area contributed by atoms with Gasteiger partial charge < -0.3 is 0 Å². The summed E-state index contributed by atoms with van der Waals surface area (Å²) < 4.78 is 39.4. The van der Waals surface area contributed by atoms with Crippen molar-refractivity contribution in [1.29, 1.82) is 5.26 Å². The highest BCUT2D eigenvalue weighted by molar-refractivity contribution is 5.80. The minimum absolute atomic E-state index is 0.0454. The Hall–Kier alpha value is -3.15. The van der Waals surface area contributed by atoms with Crippen LogP contribution in [0.5, 0.6) is 0 Å². The smallest absolute Gasteiger partial charge is 0.273 e. The largest absolute Gasteiger partial charge is 0.433 e. The van der Waals surface area contributed by atoms with Gasteiger partial charge in [-0.15, -0.1) is 0 Å². The van der Waals surface area contributed by atoms with Crippen LogP contribution in [0, 0.1) is 16.7 Å². The van der Waals surface area contributed by atoms with E-state index in [1.54, 1.807) is 24.3 Å². The highest BCUT2D eigenvalue weighted by atomic mass is 19.4. The van der Waals surface area contributed by atoms with Crippen LogP contribution in [0.2, 0.25) is 0 Å². The molecular weight excluding hydrogens is 371 g/mol. The Balaban J connectivity index is 2.35. The number of carbonyl (C=O) groups is 1. The third kappa shape index (κ3) is 6.23. The van der Waals surface area contributed by atoms with Gasteiger partial charge in [0.2, 0.25) is 11.7 Å². The van der Waals surface area contributed by atoms with Crippen molar-refractivity contribution in [1.82, 2.24) is 15.4 Å². The summed E-state index contributed by atoms with van der Waals surface area (Å²) in [5.41, 5.74) is 1.73. The minimum Gasteiger partial charge on any atom is -0.273 e. The molecule has 0 bridgehead atoms. The van der Waals surface area contributed by atoms with Gasteiger partial charge in [-0.25, -0.2) is 4.98 Å². The normalized spacial score (nSPS) is 11.6. The fourth-order valence-corrected chi connectivity index (χ4v) is 2.39. The summed E-state index contributed by atoms with van der Waals surface area (Å²) in [6.45, 7) is 5.76. The Labute approximate surface area is 161 Å². The molecule has 0 radical (unpaired) electrons. The zero-order valence-electron chi connectivity index (χ0n) is 15.7. The number of hydrazine groups is 1. The number of halogens is 3. The lowest BCUT2D eigenvalue weighted by molar-refractivity contribution is -0.141. The van der Waals surface area contributed by atoms with E-state index >= 15 is 0 Å². The summed E-state index contributed by atoms with van der Waals surface area (Å²) in [7, 11) is 0. The molecule has 0 aliphatic carbocycles. The molecular formula is C19H20F3N5O. The van der Waals surface area contributed by atoms with Crippen LogP contribution in [-0.4, -0.2) is 22.4 Å². The zero-order valence-corrected chi connectivity index (χ0v) is 15.7. The van der Waals surface area contributed by atoms with E-state index in [1.165, 1.54) is 11.1 Å². The van der Waals surface area contributed by atoms with Crippen LogP contribution in [0.1, 0.15) is 37.9 Å². The highest BCUT2D eigenvalue weighted by Crippen LogP contribution is 2.30. The molecule has 9 heteroatoms. The van der Waals surface area contributed by atoms with E-state index in [-0.39, 0.29) is 24.2 Å². The van der Waals surface area contributed by atoms with Gasteiger partial charge in [0, 0.05) is 12.6 Å². The van der Waals surface area contributed by atoms with Gasteiger partial charge in [-0.05, 0) is 11.0 Å². The van der Waals surface area contributed by atoms with Gasteiger partial charge in [0.05, 0.1) is 6.42 Å². The van der Waals surface area contributed by atoms with Crippen LogP contribution in [0.15, 0.2) is 36.4 Å². The molecule has 6 nitrogen and oxygen atoms in total. The number of rotatable bonds is 5. The van der Waals surface area contributed by atoms with Crippen LogP contribution in [0.25, 0.3) is 0 Å². The van der Waals surface area contributed by atoms with Crippen molar-refractivity contribution in [3.05, 3.63) is 53.5 Å². The number of hydrogen-bond acceptors (Lipinski definition) is 5. The van der Waals surface area contributed by atoms with E-state index < -0.39 is 23.6 Å². The Morgan fingerprint density at radius 1 is 1.18 bits per heavy atom. The van der Waals surface area contributed by atoms with Crippen LogP contribution in [0.3, 0.4) is 0 Å². The summed E-state index contributed by atoms with van der Waals surface area (Å²) in [6, 6.07) is 11.2. The first-order valence-corrected chi connectivity index (χ1v) is 8.45. The Morgan fingerprint density at radius 2 is 1.82 bits per heavy atom. The number of nitrogens with zero attached hydrogens (tertiary/aromatic N) is 4. The molecule has 0 spiro atoms. The fourth-order valence-electron chi connectivity index (χ4n) is 2.39. The lowest BCUT2D eigenvalue weighted by Crippen LogP contribution is -2.47. The molecule has 2 rings (SSSR count). The standard InChI is InChI=1S/C19H20F3N5O/c1-18(2,3)12-27(26-17(28)9-13-7-5-4-6-8-13)16-10-14(19(20,21)22)24-15(11-23)25-16/h4-8,10H,9,12H2,1-3H3,(H,26,28). The molecule has 0 atom stereocenters. The maximum Gasteiger partial charge on any atom is 0.433 e. The summed E-state index contributed by atoms with van der Waals surface area (Å²) >= 11 is 0. The zero-order chi connectivity index (χ0) is 20.9. The number of anilines is 1. The van der Waals surface area contributed by atoms with Gasteiger partial charge in [0.25, 0.3) is 0 Å². The van der Waals surface area contributed by atoms with E-state index in [0.29, 0.717) is 0 Å². The Morgan fingerprint density at radius 3 is 2.36 bits per heavy atom. The molecule has 0 saturated carbocycles. The quantitative estimate of drug-likeness (QED) is 0.789. The molecule has 148 valence electrons. The maximum absolute atomic E-state index is 13.1. The molecule has 2 aromatic rings. The van der Waals surface area contributed by atoms with Crippen molar-refractivity contribution in [2.24, 2.45) is 5.41 Å². The Kier molecular flexibility index (Phi) is 6.23. The lowest BCUT2D eigenvalue weighted by atomic mass is 9.96. The fraction of sp³-hybridized carbons (Fsp3) is 0.368. The first-order valence-electron chi connectivity index (χ1n) is 8.45. The maximum atomic E-state index is 13.1. The van der Waals surface area contributed by atoms with E-state index in [1.807, 2.05) is 26.8 Å². The van der Waals surface area contributed by atoms with Crippen LogP contribution in [-0.2, 0) is 17.4 Å². The molecule has 0 aliphatic rings. The summed E-state index contributed by atoms with van der Waals surface area (Å²) in [5.74, 6) is -1.24. The number of carbonyl (C=O) groups excluding carboxylic acids is 1. The topological polar surface area (TPSA) is 81.9 Å². The second kappa shape index (κ2) is 8.25. The SMILES string of the molecule is CC(C)(C)CN(NC(=O)Cc1ccccc1)c1cc(C(F)(F)F)nc(C#N)n1. The number of alkyl halides is 3. The average Bonchev–Trinajstić information content (AvgIpc) is 2.59. The van der Waals surface area contributed by atoms with Crippen molar-refractivity contribution in [2.75, 3.05) is 11.6 Å². The number of benzene rings is 1. The summed E-state index contributed by atoms with van der Waals surface area (Å²) in [4.78, 5) is 19.5. The monoisotopic (exact) mass is 391 g/mol. The summed E-state index contributed by atoms with van der Waals surface area (Å²) in [5, 5.41) is 10.2. The molecule has 0 unspecified atom stereocenters. The minimum atomic E-state index is -4.75. The molecule has 1 heterocycles. The molecule has 1 amide bonds. The summed E-state index contributed by atoms with van der Waals surface area (Å²) in [6.07, 6.45) is -4.70. The number of amides is 1. The van der Waals surface area contributed by atoms with E-state index in [2.05, 4.69) is 15.4 Å². The van der Waals surface area contributed by atoms with Gasteiger partial charge in [-0.2, -0.15) is 23.4 Å². The first-order chi connectivity index (χ1) is 13.0. The van der Waals surface area contributed by atoms with Crippen molar-refractivity contribution in [3.8, 4) is 6.07 Å². The third-order valence-corrected chi connectivity index (χ3v) is 3.48. The van der Waals surface area contributed by atoms with Crippen LogP contribution < -0.4 is 10.4 Å². The highest BCUT2D eigenvalue weighted by Gasteiger charge is 2.34. The predicted octanol–water partition coefficient (Wildman–Crippen LogP) is 3.49. The van der Waals surface area contributed by atoms with Crippen LogP contribution in [0.4, 0.5) is 19.0 Å². The second-order valence-corrected chi connectivity index (χ2v) is 7.39. The van der Waals surface area contributed by atoms with Gasteiger partial charge in [-0.1, -0.05) is 51.1 Å². The van der Waals surface area contributed by atoms with Gasteiger partial charge >= 0.3 is 6.18 Å². The van der Waals surface area contributed by atoms with Crippen LogP contribution >= 0.6 is 0 Å². The van der Waals surface area contributed by atoms with Gasteiger partial charge in [-0.3, -0.25) is 15.2 Å². The Bertz CT molecular complexity index is 870. The number of aromatic nitrogens is 2. The van der Waals surface area contributed by atoms with Gasteiger partial charge in [0.15, 0.2) is 11.5 Å². The van der Waals surface area contributed by atoms with Gasteiger partial charge in [0.1, 0.15) is 6.07 Å². The third-order valence-electron chi connectivity index (χ3n) is 3.48. The average molecular weight is 391 g/mol. The van der Waals surface area contributed by atoms with Crippen molar-refractivity contribution in [3.63, 3.8) is 0 Å².